The molecule has 0 aromatic carbocycles. The van der Waals surface area contributed by atoms with Gasteiger partial charge in [-0.15, -0.1) is 0 Å². The minimum absolute atomic E-state index is 0.112. The van der Waals surface area contributed by atoms with E-state index < -0.39 is 0 Å². The quantitative estimate of drug-likeness (QED) is 0.792. The summed E-state index contributed by atoms with van der Waals surface area (Å²) in [5.41, 5.74) is 5.97. The number of amides is 1. The van der Waals surface area contributed by atoms with Crippen LogP contribution in [0.4, 0.5) is 0 Å². The number of hydrogen-bond donors (Lipinski definition) is 1. The van der Waals surface area contributed by atoms with Crippen molar-refractivity contribution in [2.75, 3.05) is 20.2 Å². The molecule has 2 atom stereocenters. The third-order valence-electron chi connectivity index (χ3n) is 3.49. The molecular weight excluding hydrogens is 216 g/mol. The molecule has 4 heteroatoms. The average Bonchev–Trinajstić information content (AvgIpc) is 2.35. The lowest BCUT2D eigenvalue weighted by molar-refractivity contribution is -0.145. The maximum atomic E-state index is 12.0. The van der Waals surface area contributed by atoms with Gasteiger partial charge in [0.15, 0.2) is 0 Å². The van der Waals surface area contributed by atoms with E-state index in [2.05, 4.69) is 13.8 Å². The summed E-state index contributed by atoms with van der Waals surface area (Å²) >= 11 is 0. The summed E-state index contributed by atoms with van der Waals surface area (Å²) in [6.45, 7) is 5.65. The Labute approximate surface area is 104 Å². The van der Waals surface area contributed by atoms with Crippen LogP contribution in [0.3, 0.4) is 0 Å². The van der Waals surface area contributed by atoms with E-state index in [1.807, 2.05) is 7.05 Å². The van der Waals surface area contributed by atoms with Crippen molar-refractivity contribution in [3.8, 4) is 0 Å². The maximum absolute atomic E-state index is 12.0. The molecule has 4 nitrogen and oxygen atoms in total. The Hall–Kier alpha value is -0.610. The molecule has 0 aliphatic carbocycles. The predicted octanol–water partition coefficient (Wildman–Crippen LogP) is 1.39. The molecule has 1 rings (SSSR count). The molecule has 0 spiro atoms. The van der Waals surface area contributed by atoms with E-state index in [1.165, 1.54) is 0 Å². The van der Waals surface area contributed by atoms with E-state index >= 15 is 0 Å². The van der Waals surface area contributed by atoms with Crippen molar-refractivity contribution in [3.63, 3.8) is 0 Å². The molecule has 1 aliphatic heterocycles. The minimum Gasteiger partial charge on any atom is -0.368 e. The summed E-state index contributed by atoms with van der Waals surface area (Å²) in [4.78, 5) is 13.8. The summed E-state index contributed by atoms with van der Waals surface area (Å²) in [6, 6.07) is 0.164. The van der Waals surface area contributed by atoms with Gasteiger partial charge in [0, 0.05) is 26.2 Å². The van der Waals surface area contributed by atoms with Crippen LogP contribution in [0.5, 0.6) is 0 Å². The molecule has 17 heavy (non-hydrogen) atoms. The summed E-state index contributed by atoms with van der Waals surface area (Å²) in [5, 5.41) is 0. The van der Waals surface area contributed by atoms with Crippen LogP contribution in [-0.2, 0) is 9.53 Å². The fourth-order valence-electron chi connectivity index (χ4n) is 1.97. The van der Waals surface area contributed by atoms with Crippen molar-refractivity contribution in [2.45, 2.75) is 51.7 Å². The van der Waals surface area contributed by atoms with Crippen molar-refractivity contribution in [1.82, 2.24) is 4.90 Å². The van der Waals surface area contributed by atoms with Crippen LogP contribution in [0.1, 0.15) is 39.5 Å². The van der Waals surface area contributed by atoms with Gasteiger partial charge in [-0.1, -0.05) is 13.8 Å². The number of ether oxygens (including phenoxy) is 1. The van der Waals surface area contributed by atoms with Crippen molar-refractivity contribution in [3.05, 3.63) is 0 Å². The molecule has 0 aromatic rings. The second-order valence-corrected chi connectivity index (χ2v) is 5.31. The second-order valence-electron chi connectivity index (χ2n) is 5.31. The van der Waals surface area contributed by atoms with Crippen molar-refractivity contribution < 1.29 is 9.53 Å². The molecule has 100 valence electrons. The Morgan fingerprint density at radius 2 is 2.18 bits per heavy atom. The van der Waals surface area contributed by atoms with Crippen LogP contribution in [0, 0.1) is 5.92 Å². The van der Waals surface area contributed by atoms with Crippen LogP contribution in [-0.4, -0.2) is 43.2 Å². The third-order valence-corrected chi connectivity index (χ3v) is 3.49. The first kappa shape index (κ1) is 14.5. The Kier molecular flexibility index (Phi) is 5.92. The molecule has 0 bridgehead atoms. The van der Waals surface area contributed by atoms with Crippen LogP contribution in [0.25, 0.3) is 0 Å². The fourth-order valence-corrected chi connectivity index (χ4v) is 1.97. The number of likely N-dealkylation sites (N-methyl/N-ethyl adjacent to an activating group) is 1. The summed E-state index contributed by atoms with van der Waals surface area (Å²) < 4.78 is 5.49. The van der Waals surface area contributed by atoms with Gasteiger partial charge in [-0.05, 0) is 31.6 Å². The minimum atomic E-state index is -0.218. The topological polar surface area (TPSA) is 55.6 Å². The highest BCUT2D eigenvalue weighted by Crippen LogP contribution is 2.15. The standard InChI is InChI=1S/C13H26N2O2/c1-10(2)11(14)7-8-15(3)13(16)12-6-4-5-9-17-12/h10-12H,4-9,14H2,1-3H3. The summed E-state index contributed by atoms with van der Waals surface area (Å²) in [5.74, 6) is 0.574. The van der Waals surface area contributed by atoms with Gasteiger partial charge < -0.3 is 15.4 Å². The zero-order valence-electron chi connectivity index (χ0n) is 11.3. The normalized spacial score (nSPS) is 22.5. The smallest absolute Gasteiger partial charge is 0.251 e. The lowest BCUT2D eigenvalue weighted by Crippen LogP contribution is -2.42. The third kappa shape index (κ3) is 4.64. The van der Waals surface area contributed by atoms with Gasteiger partial charge in [-0.2, -0.15) is 0 Å². The molecular formula is C13H26N2O2. The molecule has 1 aliphatic rings. The zero-order chi connectivity index (χ0) is 12.8. The molecule has 1 fully saturated rings. The molecule has 1 amide bonds. The number of nitrogens with zero attached hydrogens (tertiary/aromatic N) is 1. The van der Waals surface area contributed by atoms with E-state index in [9.17, 15) is 4.79 Å². The number of carbonyl (C=O) groups excluding carboxylic acids is 1. The zero-order valence-corrected chi connectivity index (χ0v) is 11.3. The lowest BCUT2D eigenvalue weighted by Gasteiger charge is -2.27. The van der Waals surface area contributed by atoms with Gasteiger partial charge in [0.25, 0.3) is 5.91 Å². The predicted molar refractivity (Wildman–Crippen MR) is 68.7 cm³/mol. The van der Waals surface area contributed by atoms with Gasteiger partial charge in [0.05, 0.1) is 0 Å². The Morgan fingerprint density at radius 1 is 1.47 bits per heavy atom. The van der Waals surface area contributed by atoms with Gasteiger partial charge >= 0.3 is 0 Å². The highest BCUT2D eigenvalue weighted by Gasteiger charge is 2.25. The Balaban J connectivity index is 2.30. The molecule has 0 radical (unpaired) electrons. The van der Waals surface area contributed by atoms with Crippen molar-refractivity contribution in [1.29, 1.82) is 0 Å². The SMILES string of the molecule is CC(C)C(N)CCN(C)C(=O)C1CCCCO1. The Morgan fingerprint density at radius 3 is 2.71 bits per heavy atom. The van der Waals surface area contributed by atoms with Gasteiger partial charge in [0.1, 0.15) is 6.10 Å². The van der Waals surface area contributed by atoms with Gasteiger partial charge in [0.2, 0.25) is 0 Å². The van der Waals surface area contributed by atoms with Crippen LogP contribution in [0.2, 0.25) is 0 Å². The molecule has 2 unspecified atom stereocenters. The molecule has 0 aromatic heterocycles. The number of carbonyl (C=O) groups is 1. The number of rotatable bonds is 5. The Bertz CT molecular complexity index is 238. The van der Waals surface area contributed by atoms with Crippen LogP contribution >= 0.6 is 0 Å². The molecule has 0 saturated carbocycles. The van der Waals surface area contributed by atoms with E-state index in [-0.39, 0.29) is 18.1 Å². The molecule has 2 N–H and O–H groups in total. The molecule has 1 heterocycles. The van der Waals surface area contributed by atoms with Crippen molar-refractivity contribution >= 4 is 5.91 Å². The number of hydrogen-bond acceptors (Lipinski definition) is 3. The van der Waals surface area contributed by atoms with Gasteiger partial charge in [-0.3, -0.25) is 4.79 Å². The van der Waals surface area contributed by atoms with E-state index in [0.29, 0.717) is 5.92 Å². The monoisotopic (exact) mass is 242 g/mol. The van der Waals surface area contributed by atoms with E-state index in [4.69, 9.17) is 10.5 Å². The first-order valence-corrected chi connectivity index (χ1v) is 6.64. The van der Waals surface area contributed by atoms with Gasteiger partial charge in [-0.25, -0.2) is 0 Å². The second kappa shape index (κ2) is 6.97. The first-order chi connectivity index (χ1) is 8.02. The van der Waals surface area contributed by atoms with Crippen LogP contribution < -0.4 is 5.73 Å². The maximum Gasteiger partial charge on any atom is 0.251 e. The largest absolute Gasteiger partial charge is 0.368 e. The first-order valence-electron chi connectivity index (χ1n) is 6.64. The fraction of sp³-hybridized carbons (Fsp3) is 0.923. The van der Waals surface area contributed by atoms with Crippen LogP contribution in [0.15, 0.2) is 0 Å². The highest BCUT2D eigenvalue weighted by atomic mass is 16.5. The number of nitrogens with two attached hydrogens (primary N) is 1. The average molecular weight is 242 g/mol. The highest BCUT2D eigenvalue weighted by molar-refractivity contribution is 5.80. The summed E-state index contributed by atoms with van der Waals surface area (Å²) in [6.07, 6.45) is 3.66. The lowest BCUT2D eigenvalue weighted by atomic mass is 10.0. The van der Waals surface area contributed by atoms with Crippen molar-refractivity contribution in [2.24, 2.45) is 11.7 Å². The van der Waals surface area contributed by atoms with E-state index in [1.54, 1.807) is 4.90 Å². The summed E-state index contributed by atoms with van der Waals surface area (Å²) in [7, 11) is 1.84. The van der Waals surface area contributed by atoms with E-state index in [0.717, 1.165) is 38.8 Å². The molecule has 1 saturated heterocycles.